The molecule has 0 spiro atoms. The summed E-state index contributed by atoms with van der Waals surface area (Å²) in [4.78, 5) is 15.8. The van der Waals surface area contributed by atoms with Crippen LogP contribution in [0.15, 0.2) is 34.4 Å². The van der Waals surface area contributed by atoms with Gasteiger partial charge in [0.2, 0.25) is 0 Å². The van der Waals surface area contributed by atoms with Crippen LogP contribution >= 0.6 is 0 Å². The Kier molecular flexibility index (Phi) is 2.77. The third-order valence-corrected chi connectivity index (χ3v) is 1.98. The van der Waals surface area contributed by atoms with E-state index < -0.39 is 4.92 Å². The van der Waals surface area contributed by atoms with E-state index in [1.54, 1.807) is 23.4 Å². The zero-order valence-electron chi connectivity index (χ0n) is 8.28. The highest BCUT2D eigenvalue weighted by molar-refractivity contribution is 6.00. The summed E-state index contributed by atoms with van der Waals surface area (Å²) < 4.78 is 0. The van der Waals surface area contributed by atoms with Crippen LogP contribution in [0.5, 0.6) is 0 Å². The molecule has 1 aromatic rings. The van der Waals surface area contributed by atoms with Gasteiger partial charge in [-0.3, -0.25) is 25.4 Å². The van der Waals surface area contributed by atoms with Crippen molar-refractivity contribution in [3.8, 4) is 0 Å². The number of hydrogen-bond donors (Lipinski definition) is 1. The van der Waals surface area contributed by atoms with Gasteiger partial charge >= 0.3 is 0 Å². The smallest absolute Gasteiger partial charge is 0.271 e. The fourth-order valence-corrected chi connectivity index (χ4v) is 1.24. The molecule has 0 saturated carbocycles. The van der Waals surface area contributed by atoms with E-state index in [0.717, 1.165) is 0 Å². The number of hydrogen-bond acceptors (Lipinski definition) is 6. The Hall–Kier alpha value is -2.44. The predicted molar refractivity (Wildman–Crippen MR) is 60.6 cm³/mol. The lowest BCUT2D eigenvalue weighted by atomic mass is 10.2. The Labute approximate surface area is 91.2 Å². The molecular weight excluding hydrogens is 210 g/mol. The number of nitro groups is 1. The fourth-order valence-electron chi connectivity index (χ4n) is 1.24. The van der Waals surface area contributed by atoms with Crippen LogP contribution < -0.4 is 10.3 Å². The molecule has 0 aromatic heterocycles. The van der Waals surface area contributed by atoms with Gasteiger partial charge in [-0.1, -0.05) is 6.07 Å². The number of benzene rings is 1. The van der Waals surface area contributed by atoms with Crippen LogP contribution in [-0.2, 0) is 0 Å². The minimum atomic E-state index is -0.437. The van der Waals surface area contributed by atoms with Gasteiger partial charge in [-0.05, 0) is 6.07 Å². The van der Waals surface area contributed by atoms with E-state index in [4.69, 9.17) is 0 Å². The second kappa shape index (κ2) is 4.39. The summed E-state index contributed by atoms with van der Waals surface area (Å²) in [5, 5.41) is 14.5. The fraction of sp³-hybridized carbons (Fsp3) is 0.111. The van der Waals surface area contributed by atoms with E-state index in [2.05, 4.69) is 15.5 Å². The van der Waals surface area contributed by atoms with E-state index in [0.29, 0.717) is 12.4 Å². The van der Waals surface area contributed by atoms with Crippen LogP contribution in [0.25, 0.3) is 0 Å². The maximum Gasteiger partial charge on any atom is 0.271 e. The first-order valence-electron chi connectivity index (χ1n) is 4.56. The first-order chi connectivity index (χ1) is 7.77. The predicted octanol–water partition coefficient (Wildman–Crippen LogP) is 0.933. The Morgan fingerprint density at radius 2 is 2.31 bits per heavy atom. The molecule has 0 aliphatic carbocycles. The summed E-state index contributed by atoms with van der Waals surface area (Å²) in [6.07, 6.45) is 3.07. The summed E-state index contributed by atoms with van der Waals surface area (Å²) in [6, 6.07) is 6.26. The zero-order valence-corrected chi connectivity index (χ0v) is 8.28. The number of hydrazone groups is 1. The largest absolute Gasteiger partial charge is 0.290 e. The number of aliphatic imine (C=N–C) groups is 1. The molecule has 0 saturated heterocycles. The SMILES string of the molecule is O=[N+]([O-])c1cccc(N2C=NCNN=C2)c1. The highest BCUT2D eigenvalue weighted by Crippen LogP contribution is 2.19. The van der Waals surface area contributed by atoms with Gasteiger partial charge in [0.05, 0.1) is 16.9 Å². The van der Waals surface area contributed by atoms with Crippen LogP contribution in [0.3, 0.4) is 0 Å². The van der Waals surface area contributed by atoms with Gasteiger partial charge in [-0.15, -0.1) is 0 Å². The van der Waals surface area contributed by atoms with Gasteiger partial charge in [-0.25, -0.2) is 0 Å². The molecule has 7 nitrogen and oxygen atoms in total. The van der Waals surface area contributed by atoms with E-state index in [1.165, 1.54) is 18.5 Å². The van der Waals surface area contributed by atoms with Crippen molar-refractivity contribution in [3.63, 3.8) is 0 Å². The number of non-ortho nitro benzene ring substituents is 1. The topological polar surface area (TPSA) is 83.1 Å². The standard InChI is InChI=1S/C9H9N5O2/c15-14(16)9-3-1-2-8(4-9)13-6-10-5-11-12-7-13/h1-4,6-7,11H,5H2. The van der Waals surface area contributed by atoms with Gasteiger partial charge in [-0.2, -0.15) is 5.10 Å². The number of nitro benzene ring substituents is 1. The Morgan fingerprint density at radius 1 is 1.44 bits per heavy atom. The monoisotopic (exact) mass is 219 g/mol. The Morgan fingerprint density at radius 3 is 3.12 bits per heavy atom. The number of anilines is 1. The minimum absolute atomic E-state index is 0.0384. The Balaban J connectivity index is 2.32. The van der Waals surface area contributed by atoms with Crippen LogP contribution in [-0.4, -0.2) is 24.3 Å². The molecule has 0 fully saturated rings. The van der Waals surface area contributed by atoms with Gasteiger partial charge in [0.25, 0.3) is 5.69 Å². The van der Waals surface area contributed by atoms with Crippen molar-refractivity contribution in [1.29, 1.82) is 0 Å². The van der Waals surface area contributed by atoms with E-state index in [9.17, 15) is 10.1 Å². The minimum Gasteiger partial charge on any atom is -0.290 e. The summed E-state index contributed by atoms with van der Waals surface area (Å²) in [5.41, 5.74) is 3.36. The van der Waals surface area contributed by atoms with Gasteiger partial charge in [0.15, 0.2) is 0 Å². The van der Waals surface area contributed by atoms with Crippen molar-refractivity contribution in [2.75, 3.05) is 11.6 Å². The summed E-state index contributed by atoms with van der Waals surface area (Å²) in [7, 11) is 0. The highest BCUT2D eigenvalue weighted by atomic mass is 16.6. The van der Waals surface area contributed by atoms with E-state index >= 15 is 0 Å². The van der Waals surface area contributed by atoms with E-state index in [1.807, 2.05) is 0 Å². The van der Waals surface area contributed by atoms with Crippen LogP contribution in [0, 0.1) is 10.1 Å². The quantitative estimate of drug-likeness (QED) is 0.592. The lowest BCUT2D eigenvalue weighted by molar-refractivity contribution is -0.384. The van der Waals surface area contributed by atoms with Crippen molar-refractivity contribution >= 4 is 24.1 Å². The molecule has 16 heavy (non-hydrogen) atoms. The molecule has 1 heterocycles. The van der Waals surface area contributed by atoms with Crippen LogP contribution in [0.2, 0.25) is 0 Å². The molecule has 0 bridgehead atoms. The molecule has 0 amide bonds. The molecule has 0 atom stereocenters. The molecule has 1 aliphatic heterocycles. The first-order valence-corrected chi connectivity index (χ1v) is 4.56. The summed E-state index contributed by atoms with van der Waals surface area (Å²) in [5.74, 6) is 0. The highest BCUT2D eigenvalue weighted by Gasteiger charge is 2.09. The van der Waals surface area contributed by atoms with Gasteiger partial charge in [0.1, 0.15) is 13.0 Å². The summed E-state index contributed by atoms with van der Waals surface area (Å²) >= 11 is 0. The average Bonchev–Trinajstić information content (AvgIpc) is 2.57. The second-order valence-corrected chi connectivity index (χ2v) is 3.04. The molecule has 82 valence electrons. The molecular formula is C9H9N5O2. The maximum absolute atomic E-state index is 10.6. The average molecular weight is 219 g/mol. The molecule has 1 aliphatic rings. The van der Waals surface area contributed by atoms with Crippen molar-refractivity contribution in [1.82, 2.24) is 5.43 Å². The molecule has 0 unspecified atom stereocenters. The van der Waals surface area contributed by atoms with Crippen LogP contribution in [0.1, 0.15) is 0 Å². The summed E-state index contributed by atoms with van der Waals surface area (Å²) in [6.45, 7) is 0.391. The number of nitrogens with one attached hydrogen (secondary N) is 1. The van der Waals surface area contributed by atoms with Crippen LogP contribution in [0.4, 0.5) is 11.4 Å². The lowest BCUT2D eigenvalue weighted by Gasteiger charge is -2.11. The molecule has 7 heteroatoms. The number of nitrogens with zero attached hydrogens (tertiary/aromatic N) is 4. The lowest BCUT2D eigenvalue weighted by Crippen LogP contribution is -2.18. The maximum atomic E-state index is 10.6. The molecule has 1 N–H and O–H groups in total. The normalized spacial score (nSPS) is 14.4. The first kappa shape index (κ1) is 10.1. The zero-order chi connectivity index (χ0) is 11.4. The van der Waals surface area contributed by atoms with Gasteiger partial charge in [0, 0.05) is 12.1 Å². The second-order valence-electron chi connectivity index (χ2n) is 3.04. The molecule has 2 rings (SSSR count). The van der Waals surface area contributed by atoms with Crippen molar-refractivity contribution in [2.45, 2.75) is 0 Å². The molecule has 1 aromatic carbocycles. The van der Waals surface area contributed by atoms with E-state index in [-0.39, 0.29) is 5.69 Å². The van der Waals surface area contributed by atoms with Crippen molar-refractivity contribution in [2.24, 2.45) is 10.1 Å². The van der Waals surface area contributed by atoms with Crippen molar-refractivity contribution in [3.05, 3.63) is 34.4 Å². The third-order valence-electron chi connectivity index (χ3n) is 1.98. The van der Waals surface area contributed by atoms with Crippen molar-refractivity contribution < 1.29 is 4.92 Å². The number of rotatable bonds is 2. The third kappa shape index (κ3) is 2.14. The molecule has 0 radical (unpaired) electrons. The van der Waals surface area contributed by atoms with Gasteiger partial charge < -0.3 is 0 Å². The Bertz CT molecular complexity index is 443.